The minimum atomic E-state index is -0.232. The second-order valence-corrected chi connectivity index (χ2v) is 6.71. The summed E-state index contributed by atoms with van der Waals surface area (Å²) in [5.74, 6) is 0.335. The highest BCUT2D eigenvalue weighted by atomic mass is 35.5. The first-order valence-electron chi connectivity index (χ1n) is 8.50. The molecular weight excluding hydrogens is 352 g/mol. The van der Waals surface area contributed by atoms with Crippen molar-refractivity contribution < 1.29 is 9.15 Å². The van der Waals surface area contributed by atoms with E-state index in [1.165, 1.54) is 0 Å². The average molecular weight is 367 g/mol. The van der Waals surface area contributed by atoms with Gasteiger partial charge in [-0.05, 0) is 12.1 Å². The molecule has 0 bridgehead atoms. The van der Waals surface area contributed by atoms with Crippen LogP contribution in [0.5, 0.6) is 0 Å². The molecule has 1 fully saturated rings. The largest absolute Gasteiger partial charge is 0.451 e. The lowest BCUT2D eigenvalue weighted by Gasteiger charge is -2.28. The molecule has 0 atom stereocenters. The lowest BCUT2D eigenvalue weighted by Crippen LogP contribution is -2.36. The summed E-state index contributed by atoms with van der Waals surface area (Å²) in [6, 6.07) is 13.2. The molecule has 2 aromatic carbocycles. The topological polar surface area (TPSA) is 55.6 Å². The fraction of sp³-hybridized carbons (Fsp3) is 0.200. The summed E-state index contributed by atoms with van der Waals surface area (Å²) in [6.07, 6.45) is 0. The van der Waals surface area contributed by atoms with Crippen molar-refractivity contribution in [3.63, 3.8) is 0 Å². The van der Waals surface area contributed by atoms with Crippen molar-refractivity contribution in [2.45, 2.75) is 0 Å². The van der Waals surface area contributed by atoms with Crippen LogP contribution in [0.15, 0.2) is 51.7 Å². The van der Waals surface area contributed by atoms with E-state index in [4.69, 9.17) is 25.7 Å². The molecule has 2 heterocycles. The fourth-order valence-electron chi connectivity index (χ4n) is 3.46. The van der Waals surface area contributed by atoms with Crippen LogP contribution in [0, 0.1) is 0 Å². The minimum absolute atomic E-state index is 0.0740. The number of morpholine rings is 1. The Labute approximate surface area is 154 Å². The molecule has 130 valence electrons. The van der Waals surface area contributed by atoms with Gasteiger partial charge >= 0.3 is 0 Å². The Morgan fingerprint density at radius 2 is 1.81 bits per heavy atom. The van der Waals surface area contributed by atoms with Crippen molar-refractivity contribution in [2.75, 3.05) is 31.2 Å². The Balaban J connectivity index is 1.78. The highest BCUT2D eigenvalue weighted by molar-refractivity contribution is 6.34. The highest BCUT2D eigenvalue weighted by Crippen LogP contribution is 2.35. The zero-order chi connectivity index (χ0) is 17.7. The normalized spacial score (nSPS) is 15.2. The molecule has 1 aliphatic carbocycles. The van der Waals surface area contributed by atoms with Gasteiger partial charge in [0.1, 0.15) is 16.2 Å². The van der Waals surface area contributed by atoms with E-state index in [0.29, 0.717) is 35.6 Å². The summed E-state index contributed by atoms with van der Waals surface area (Å²) in [4.78, 5) is 19.5. The minimum Gasteiger partial charge on any atom is -0.451 e. The first-order chi connectivity index (χ1) is 12.7. The maximum Gasteiger partial charge on any atom is 0.208 e. The quantitative estimate of drug-likeness (QED) is 0.377. The molecule has 2 aliphatic heterocycles. The Morgan fingerprint density at radius 3 is 2.62 bits per heavy atom. The predicted molar refractivity (Wildman–Crippen MR) is 102 cm³/mol. The summed E-state index contributed by atoms with van der Waals surface area (Å²) < 4.78 is 11.5. The van der Waals surface area contributed by atoms with Crippen molar-refractivity contribution in [3.05, 3.63) is 57.7 Å². The van der Waals surface area contributed by atoms with Crippen LogP contribution in [0.25, 0.3) is 33.3 Å². The van der Waals surface area contributed by atoms with Crippen LogP contribution in [0.1, 0.15) is 0 Å². The molecule has 0 amide bonds. The van der Waals surface area contributed by atoms with E-state index in [-0.39, 0.29) is 10.5 Å². The lowest BCUT2D eigenvalue weighted by molar-refractivity contribution is 0.122. The van der Waals surface area contributed by atoms with Gasteiger partial charge in [-0.3, -0.25) is 4.79 Å². The van der Waals surface area contributed by atoms with Crippen LogP contribution in [0.4, 0.5) is 5.69 Å². The van der Waals surface area contributed by atoms with Crippen LogP contribution in [0.3, 0.4) is 0 Å². The number of anilines is 1. The molecule has 0 N–H and O–H groups in total. The first-order valence-corrected chi connectivity index (χ1v) is 8.88. The number of hydrogen-bond acceptors (Lipinski definition) is 5. The molecule has 0 unspecified atom stereocenters. The molecule has 0 radical (unpaired) electrons. The standard InChI is InChI=1S/C20H15ClN2O3/c21-17-19(24)14-4-2-1-3-13(14)18-20(17)26-16-11-12(5-6-15(16)22-18)23-7-9-25-10-8-23/h1-6,11H,7-10H2. The zero-order valence-electron chi connectivity index (χ0n) is 13.9. The summed E-state index contributed by atoms with van der Waals surface area (Å²) in [5, 5.41) is 1.38. The monoisotopic (exact) mass is 366 g/mol. The molecule has 5 nitrogen and oxygen atoms in total. The molecule has 2 aromatic rings. The van der Waals surface area contributed by atoms with Crippen molar-refractivity contribution in [1.82, 2.24) is 4.98 Å². The number of hydrogen-bond donors (Lipinski definition) is 0. The zero-order valence-corrected chi connectivity index (χ0v) is 14.6. The molecule has 0 saturated carbocycles. The number of halogens is 1. The molecule has 1 saturated heterocycles. The average Bonchev–Trinajstić information content (AvgIpc) is 2.71. The second kappa shape index (κ2) is 5.97. The summed E-state index contributed by atoms with van der Waals surface area (Å²) >= 11 is 6.32. The molecule has 5 rings (SSSR count). The fourth-order valence-corrected chi connectivity index (χ4v) is 3.69. The van der Waals surface area contributed by atoms with Gasteiger partial charge in [-0.2, -0.15) is 0 Å². The third-order valence-corrected chi connectivity index (χ3v) is 5.15. The lowest BCUT2D eigenvalue weighted by atomic mass is 10.0. The maximum atomic E-state index is 12.6. The van der Waals surface area contributed by atoms with Gasteiger partial charge in [0.2, 0.25) is 5.43 Å². The Morgan fingerprint density at radius 1 is 1.04 bits per heavy atom. The maximum absolute atomic E-state index is 12.6. The second-order valence-electron chi connectivity index (χ2n) is 6.33. The van der Waals surface area contributed by atoms with Gasteiger partial charge in [0.05, 0.1) is 13.2 Å². The summed E-state index contributed by atoms with van der Waals surface area (Å²) in [5.41, 5.74) is 2.76. The van der Waals surface area contributed by atoms with Crippen molar-refractivity contribution in [3.8, 4) is 11.5 Å². The van der Waals surface area contributed by atoms with Crippen LogP contribution in [0.2, 0.25) is 5.02 Å². The molecule has 6 heteroatoms. The molecule has 3 aliphatic rings. The smallest absolute Gasteiger partial charge is 0.208 e. The number of aromatic nitrogens is 1. The Bertz CT molecular complexity index is 1160. The van der Waals surface area contributed by atoms with Crippen LogP contribution in [-0.2, 0) is 4.74 Å². The van der Waals surface area contributed by atoms with E-state index in [1.54, 1.807) is 6.07 Å². The van der Waals surface area contributed by atoms with Crippen molar-refractivity contribution >= 4 is 39.2 Å². The molecule has 0 aromatic heterocycles. The van der Waals surface area contributed by atoms with E-state index >= 15 is 0 Å². The Hall–Kier alpha value is -2.63. The number of ether oxygens (including phenoxy) is 1. The summed E-state index contributed by atoms with van der Waals surface area (Å²) in [7, 11) is 0. The third kappa shape index (κ3) is 2.35. The van der Waals surface area contributed by atoms with Gasteiger partial charge in [-0.25, -0.2) is 4.98 Å². The van der Waals surface area contributed by atoms with E-state index < -0.39 is 0 Å². The SMILES string of the molecule is O=c1c(Cl)c2oc3cc(N4CCOCC4)ccc3nc-2c2ccccc12. The number of rotatable bonds is 1. The van der Waals surface area contributed by atoms with Crippen LogP contribution in [-0.4, -0.2) is 31.3 Å². The molecule has 0 spiro atoms. The highest BCUT2D eigenvalue weighted by Gasteiger charge is 2.21. The van der Waals surface area contributed by atoms with E-state index in [9.17, 15) is 4.79 Å². The van der Waals surface area contributed by atoms with Gasteiger partial charge in [0.15, 0.2) is 11.3 Å². The number of benzene rings is 3. The van der Waals surface area contributed by atoms with E-state index in [1.807, 2.05) is 36.4 Å². The van der Waals surface area contributed by atoms with Gasteiger partial charge in [0, 0.05) is 35.6 Å². The van der Waals surface area contributed by atoms with E-state index in [0.717, 1.165) is 29.7 Å². The molecular formula is C20H15ClN2O3. The van der Waals surface area contributed by atoms with Crippen LogP contribution < -0.4 is 10.3 Å². The Kier molecular flexibility index (Phi) is 3.58. The molecule has 26 heavy (non-hydrogen) atoms. The number of nitrogens with zero attached hydrogens (tertiary/aromatic N) is 2. The van der Waals surface area contributed by atoms with Crippen LogP contribution >= 0.6 is 11.6 Å². The predicted octanol–water partition coefficient (Wildman–Crippen LogP) is 3.94. The van der Waals surface area contributed by atoms with Gasteiger partial charge in [-0.1, -0.05) is 35.9 Å². The first kappa shape index (κ1) is 15.6. The van der Waals surface area contributed by atoms with Gasteiger partial charge in [0.25, 0.3) is 0 Å². The number of fused-ring (bicyclic) bond motifs is 4. The van der Waals surface area contributed by atoms with Crippen molar-refractivity contribution in [2.24, 2.45) is 0 Å². The van der Waals surface area contributed by atoms with Gasteiger partial charge < -0.3 is 14.1 Å². The third-order valence-electron chi connectivity index (χ3n) is 4.80. The summed E-state index contributed by atoms with van der Waals surface area (Å²) in [6.45, 7) is 3.09. The van der Waals surface area contributed by atoms with E-state index in [2.05, 4.69) is 4.90 Å². The van der Waals surface area contributed by atoms with Crippen molar-refractivity contribution in [1.29, 1.82) is 0 Å². The van der Waals surface area contributed by atoms with Gasteiger partial charge in [-0.15, -0.1) is 0 Å².